The summed E-state index contributed by atoms with van der Waals surface area (Å²) in [6.07, 6.45) is 3.96. The van der Waals surface area contributed by atoms with Crippen LogP contribution in [0.1, 0.15) is 38.3 Å². The number of rotatable bonds is 5. The number of imidazole rings is 1. The van der Waals surface area contributed by atoms with Crippen LogP contribution in [0.15, 0.2) is 97.2 Å². The van der Waals surface area contributed by atoms with Crippen LogP contribution in [-0.4, -0.2) is 20.7 Å². The molecular formula is C38H34N4OPt-2. The predicted molar refractivity (Wildman–Crippen MR) is 173 cm³/mol. The fraction of sp³-hybridized carbons (Fsp3) is 0.211. The normalized spacial score (nSPS) is 13.3. The Hall–Kier alpha value is -4.21. The Morgan fingerprint density at radius 1 is 0.864 bits per heavy atom. The van der Waals surface area contributed by atoms with Gasteiger partial charge in [-0.15, -0.1) is 0 Å². The molecule has 44 heavy (non-hydrogen) atoms. The van der Waals surface area contributed by atoms with Gasteiger partial charge in [-0.3, -0.25) is 0 Å². The first-order valence-electron chi connectivity index (χ1n) is 15.0. The van der Waals surface area contributed by atoms with E-state index in [0.29, 0.717) is 11.5 Å². The zero-order valence-electron chi connectivity index (χ0n) is 25.4. The second-order valence-corrected chi connectivity index (χ2v) is 13.3. The van der Waals surface area contributed by atoms with E-state index in [9.17, 15) is 0 Å². The van der Waals surface area contributed by atoms with Gasteiger partial charge in [-0.05, 0) is 17.0 Å². The van der Waals surface area contributed by atoms with E-state index in [0.717, 1.165) is 62.5 Å². The molecule has 7 rings (SSSR count). The molecule has 0 aliphatic carbocycles. The van der Waals surface area contributed by atoms with E-state index in [2.05, 4.69) is 146 Å². The number of hydrogen-bond donors (Lipinski definition) is 0. The minimum absolute atomic E-state index is 0.0340. The number of ether oxygens (including phenoxy) is 1. The molecule has 0 saturated carbocycles. The number of para-hydroxylation sites is 2. The molecule has 0 N–H and O–H groups in total. The van der Waals surface area contributed by atoms with Gasteiger partial charge in [0.2, 0.25) is 0 Å². The van der Waals surface area contributed by atoms with Gasteiger partial charge in [-0.25, -0.2) is 0 Å². The monoisotopic (exact) mass is 757 g/mol. The van der Waals surface area contributed by atoms with Crippen molar-refractivity contribution in [3.8, 4) is 28.3 Å². The zero-order valence-corrected chi connectivity index (χ0v) is 27.6. The van der Waals surface area contributed by atoms with Gasteiger partial charge >= 0.3 is 227 Å². The van der Waals surface area contributed by atoms with Crippen LogP contribution in [0.2, 0.25) is 0 Å². The SMILES string of the molecule is Cn1[c](=[Pt])n(-c2[c-]c(Oc3[c-]c4c(cc3-c3ccccc3)CCCN4c3cc(C(C)(C)C)ccn3)ccc2)c2ccccc21. The summed E-state index contributed by atoms with van der Waals surface area (Å²) >= 11 is 2.38. The van der Waals surface area contributed by atoms with E-state index >= 15 is 0 Å². The molecule has 0 amide bonds. The van der Waals surface area contributed by atoms with E-state index in [-0.39, 0.29) is 5.41 Å². The van der Waals surface area contributed by atoms with Crippen LogP contribution in [0.25, 0.3) is 27.8 Å². The van der Waals surface area contributed by atoms with Gasteiger partial charge in [0.25, 0.3) is 0 Å². The minimum atomic E-state index is 0.0340. The number of nitrogens with zero attached hydrogens (tertiary/aromatic N) is 4. The number of fused-ring (bicyclic) bond motifs is 2. The molecule has 2 aromatic heterocycles. The second kappa shape index (κ2) is 11.4. The molecule has 0 spiro atoms. The van der Waals surface area contributed by atoms with Gasteiger partial charge in [-0.1, -0.05) is 20.8 Å². The van der Waals surface area contributed by atoms with Crippen LogP contribution in [0.5, 0.6) is 11.5 Å². The molecule has 1 aliphatic rings. The Labute approximate surface area is 269 Å². The van der Waals surface area contributed by atoms with E-state index < -0.39 is 0 Å². The van der Waals surface area contributed by atoms with Gasteiger partial charge in [-0.2, -0.15) is 0 Å². The molecule has 0 bridgehead atoms. The molecule has 0 saturated heterocycles. The summed E-state index contributed by atoms with van der Waals surface area (Å²) in [6.45, 7) is 7.60. The van der Waals surface area contributed by atoms with Gasteiger partial charge in [0.1, 0.15) is 0 Å². The van der Waals surface area contributed by atoms with Crippen molar-refractivity contribution in [3.63, 3.8) is 0 Å². The van der Waals surface area contributed by atoms with E-state index in [1.54, 1.807) is 0 Å². The molecule has 6 aromatic rings. The van der Waals surface area contributed by atoms with Crippen molar-refractivity contribution in [2.45, 2.75) is 39.0 Å². The van der Waals surface area contributed by atoms with E-state index in [1.807, 2.05) is 24.4 Å². The number of anilines is 2. The quantitative estimate of drug-likeness (QED) is 0.165. The third-order valence-electron chi connectivity index (χ3n) is 8.29. The summed E-state index contributed by atoms with van der Waals surface area (Å²) < 4.78 is 12.2. The molecule has 0 unspecified atom stereocenters. The van der Waals surface area contributed by atoms with Crippen molar-refractivity contribution < 1.29 is 24.1 Å². The number of benzene rings is 4. The van der Waals surface area contributed by atoms with Crippen molar-refractivity contribution in [1.29, 1.82) is 0 Å². The number of aromatic nitrogens is 3. The molecule has 1 aliphatic heterocycles. The Kier molecular flexibility index (Phi) is 7.38. The molecule has 6 heteroatoms. The summed E-state index contributed by atoms with van der Waals surface area (Å²) in [5, 5.41) is 0. The molecule has 0 fully saturated rings. The molecule has 224 valence electrons. The Balaban J connectivity index is 1.34. The Morgan fingerprint density at radius 2 is 1.64 bits per heavy atom. The topological polar surface area (TPSA) is 35.2 Å². The van der Waals surface area contributed by atoms with Crippen molar-refractivity contribution in [1.82, 2.24) is 14.1 Å². The Morgan fingerprint density at radius 3 is 2.43 bits per heavy atom. The molecule has 5 nitrogen and oxygen atoms in total. The zero-order chi connectivity index (χ0) is 30.4. The van der Waals surface area contributed by atoms with Gasteiger partial charge in [0.05, 0.1) is 0 Å². The van der Waals surface area contributed by atoms with Gasteiger partial charge in [0, 0.05) is 6.20 Å². The average molecular weight is 758 g/mol. The van der Waals surface area contributed by atoms with Gasteiger partial charge in [0.15, 0.2) is 0 Å². The maximum atomic E-state index is 6.73. The van der Waals surface area contributed by atoms with Crippen LogP contribution < -0.4 is 9.64 Å². The number of hydrogen-bond acceptors (Lipinski definition) is 3. The summed E-state index contributed by atoms with van der Waals surface area (Å²) in [4.78, 5) is 7.10. The molecule has 4 aromatic carbocycles. The predicted octanol–water partition coefficient (Wildman–Crippen LogP) is 8.88. The second-order valence-electron chi connectivity index (χ2n) is 12.3. The number of pyridine rings is 1. The Bertz CT molecular complexity index is 2050. The average Bonchev–Trinajstić information content (AvgIpc) is 3.30. The van der Waals surface area contributed by atoms with Crippen LogP contribution >= 0.6 is 0 Å². The fourth-order valence-electron chi connectivity index (χ4n) is 5.94. The molecule has 0 radical (unpaired) electrons. The molecular weight excluding hydrogens is 724 g/mol. The van der Waals surface area contributed by atoms with E-state index in [4.69, 9.17) is 9.72 Å². The first-order chi connectivity index (χ1) is 21.3. The van der Waals surface area contributed by atoms with Crippen molar-refractivity contribution in [3.05, 3.63) is 124 Å². The fourth-order valence-corrected chi connectivity index (χ4v) is 6.76. The van der Waals surface area contributed by atoms with Crippen LogP contribution in [-0.2, 0) is 38.2 Å². The standard InChI is InChI=1S/C38H34N4O.Pt/c1-38(2,3)29-19-20-39-37(23-29)41-21-11-14-28-22-32(27-12-6-5-7-13-27)36(25-35(28)41)43-31-16-10-15-30(24-31)42-26-40(4)33-17-8-9-18-34(33)42;/h5-10,12-13,15-20,22-23H,11,14,21H2,1-4H3;/q-2;. The van der Waals surface area contributed by atoms with Crippen LogP contribution in [0.4, 0.5) is 11.5 Å². The molecule has 0 atom stereocenters. The summed E-state index contributed by atoms with van der Waals surface area (Å²) in [5.74, 6) is 2.27. The number of aryl methyl sites for hydroxylation is 2. The summed E-state index contributed by atoms with van der Waals surface area (Å²) in [5.41, 5.74) is 8.91. The maximum absolute atomic E-state index is 6.73. The van der Waals surface area contributed by atoms with Gasteiger partial charge < -0.3 is 0 Å². The van der Waals surface area contributed by atoms with E-state index in [1.165, 1.54) is 11.1 Å². The first-order valence-corrected chi connectivity index (χ1v) is 16.1. The summed E-state index contributed by atoms with van der Waals surface area (Å²) in [6, 6.07) is 38.8. The van der Waals surface area contributed by atoms with Crippen LogP contribution in [0.3, 0.4) is 0 Å². The third kappa shape index (κ3) is 5.24. The van der Waals surface area contributed by atoms with Crippen LogP contribution in [0, 0.1) is 15.9 Å². The third-order valence-corrected chi connectivity index (χ3v) is 9.56. The van der Waals surface area contributed by atoms with Crippen molar-refractivity contribution >= 4 is 22.5 Å². The van der Waals surface area contributed by atoms with Crippen molar-refractivity contribution in [2.75, 3.05) is 11.4 Å². The molecule has 3 heterocycles. The first kappa shape index (κ1) is 28.6. The van der Waals surface area contributed by atoms with Crippen molar-refractivity contribution in [2.24, 2.45) is 7.05 Å². The summed E-state index contributed by atoms with van der Waals surface area (Å²) in [7, 11) is 2.09.